The highest BCUT2D eigenvalue weighted by Gasteiger charge is 2.32. The van der Waals surface area contributed by atoms with Gasteiger partial charge in [-0.25, -0.2) is 0 Å². The maximum Gasteiger partial charge on any atom is 0.234 e. The van der Waals surface area contributed by atoms with Gasteiger partial charge in [-0.15, -0.1) is 12.4 Å². The van der Waals surface area contributed by atoms with Gasteiger partial charge >= 0.3 is 0 Å². The van der Waals surface area contributed by atoms with E-state index in [1.807, 2.05) is 24.3 Å². The molecular weight excluding hydrogens is 342 g/mol. The van der Waals surface area contributed by atoms with Crippen molar-refractivity contribution in [3.8, 4) is 5.75 Å². The van der Waals surface area contributed by atoms with Crippen LogP contribution in [0.15, 0.2) is 24.3 Å². The van der Waals surface area contributed by atoms with E-state index >= 15 is 0 Å². The van der Waals surface area contributed by atoms with Crippen LogP contribution in [0.4, 0.5) is 0 Å². The lowest BCUT2D eigenvalue weighted by atomic mass is 9.90. The van der Waals surface area contributed by atoms with Crippen molar-refractivity contribution in [1.29, 1.82) is 0 Å². The number of rotatable bonds is 9. The summed E-state index contributed by atoms with van der Waals surface area (Å²) < 4.78 is 10.5. The lowest BCUT2D eigenvalue weighted by Gasteiger charge is -2.22. The van der Waals surface area contributed by atoms with E-state index in [0.717, 1.165) is 30.8 Å². The number of halogens is 1. The third-order valence-corrected chi connectivity index (χ3v) is 4.47. The molecule has 1 aromatic rings. The Labute approximate surface area is 156 Å². The Morgan fingerprint density at radius 3 is 2.64 bits per heavy atom. The number of ether oxygens (including phenoxy) is 2. The van der Waals surface area contributed by atoms with Gasteiger partial charge in [-0.05, 0) is 42.6 Å². The summed E-state index contributed by atoms with van der Waals surface area (Å²) in [6.45, 7) is 6.75. The number of amides is 1. The van der Waals surface area contributed by atoms with Crippen LogP contribution in [0.5, 0.6) is 5.75 Å². The van der Waals surface area contributed by atoms with Crippen molar-refractivity contribution in [3.05, 3.63) is 29.8 Å². The molecule has 1 aliphatic rings. The number of nitrogens with one attached hydrogen (secondary N) is 1. The molecule has 0 aliphatic carbocycles. The van der Waals surface area contributed by atoms with Gasteiger partial charge in [0, 0.05) is 20.2 Å². The van der Waals surface area contributed by atoms with Crippen molar-refractivity contribution in [2.45, 2.75) is 19.9 Å². The minimum Gasteiger partial charge on any atom is -0.491 e. The summed E-state index contributed by atoms with van der Waals surface area (Å²) in [6.07, 6.45) is 1.06. The summed E-state index contributed by atoms with van der Waals surface area (Å²) in [6, 6.07) is 7.74. The molecule has 0 radical (unpaired) electrons. The van der Waals surface area contributed by atoms with Gasteiger partial charge in [-0.3, -0.25) is 9.69 Å². The van der Waals surface area contributed by atoms with Gasteiger partial charge in [0.1, 0.15) is 12.4 Å². The van der Waals surface area contributed by atoms with E-state index in [0.29, 0.717) is 32.8 Å². The van der Waals surface area contributed by atoms with Crippen molar-refractivity contribution >= 4 is 18.3 Å². The summed E-state index contributed by atoms with van der Waals surface area (Å²) in [7, 11) is 1.65. The van der Waals surface area contributed by atoms with Crippen molar-refractivity contribution in [2.24, 2.45) is 11.1 Å². The van der Waals surface area contributed by atoms with Crippen LogP contribution >= 0.6 is 12.4 Å². The van der Waals surface area contributed by atoms with Crippen LogP contribution < -0.4 is 15.8 Å². The number of methoxy groups -OCH3 is 1. The second kappa shape index (κ2) is 10.6. The first-order valence-electron chi connectivity index (χ1n) is 8.44. The molecule has 1 saturated heterocycles. The van der Waals surface area contributed by atoms with Crippen LogP contribution in [0.2, 0.25) is 0 Å². The minimum atomic E-state index is 0. The second-order valence-electron chi connectivity index (χ2n) is 6.74. The zero-order valence-electron chi connectivity index (χ0n) is 15.1. The van der Waals surface area contributed by atoms with E-state index < -0.39 is 0 Å². The lowest BCUT2D eigenvalue weighted by Crippen LogP contribution is -2.38. The largest absolute Gasteiger partial charge is 0.491 e. The average Bonchev–Trinajstić information content (AvgIpc) is 2.96. The first-order chi connectivity index (χ1) is 11.5. The first-order valence-corrected chi connectivity index (χ1v) is 8.44. The maximum atomic E-state index is 12.1. The smallest absolute Gasteiger partial charge is 0.234 e. The van der Waals surface area contributed by atoms with E-state index in [4.69, 9.17) is 15.2 Å². The number of nitrogens with two attached hydrogens (primary N) is 1. The molecule has 1 amide bonds. The number of nitrogens with zero attached hydrogens (tertiary/aromatic N) is 1. The monoisotopic (exact) mass is 371 g/mol. The highest BCUT2D eigenvalue weighted by Crippen LogP contribution is 2.27. The van der Waals surface area contributed by atoms with Gasteiger partial charge in [0.25, 0.3) is 0 Å². The van der Waals surface area contributed by atoms with Crippen LogP contribution in [-0.4, -0.2) is 57.3 Å². The fourth-order valence-corrected chi connectivity index (χ4v) is 2.83. The van der Waals surface area contributed by atoms with Crippen molar-refractivity contribution in [1.82, 2.24) is 10.2 Å². The summed E-state index contributed by atoms with van der Waals surface area (Å²) >= 11 is 0. The summed E-state index contributed by atoms with van der Waals surface area (Å²) in [5.41, 5.74) is 7.01. The SMILES string of the molecule is COCCOc1ccc(CNC(=O)CN2CCC(C)(CN)C2)cc1.Cl. The molecule has 1 aliphatic heterocycles. The van der Waals surface area contributed by atoms with Crippen LogP contribution in [0.3, 0.4) is 0 Å². The number of benzene rings is 1. The molecule has 7 heteroatoms. The Bertz CT molecular complexity index is 527. The van der Waals surface area contributed by atoms with E-state index in [9.17, 15) is 4.79 Å². The van der Waals surface area contributed by atoms with E-state index in [1.54, 1.807) is 7.11 Å². The molecule has 6 nitrogen and oxygen atoms in total. The zero-order valence-corrected chi connectivity index (χ0v) is 15.9. The van der Waals surface area contributed by atoms with Crippen molar-refractivity contribution in [3.63, 3.8) is 0 Å². The normalized spacial score (nSPS) is 20.1. The third kappa shape index (κ3) is 7.20. The number of carbonyl (C=O) groups excluding carboxylic acids is 1. The maximum absolute atomic E-state index is 12.1. The van der Waals surface area contributed by atoms with Gasteiger partial charge in [0.2, 0.25) is 5.91 Å². The Morgan fingerprint density at radius 2 is 2.04 bits per heavy atom. The van der Waals surface area contributed by atoms with Crippen LogP contribution in [0, 0.1) is 5.41 Å². The Morgan fingerprint density at radius 1 is 1.32 bits per heavy atom. The van der Waals surface area contributed by atoms with E-state index in [1.165, 1.54) is 0 Å². The van der Waals surface area contributed by atoms with Crippen molar-refractivity contribution < 1.29 is 14.3 Å². The molecule has 142 valence electrons. The number of hydrogen-bond donors (Lipinski definition) is 2. The van der Waals surface area contributed by atoms with Crippen molar-refractivity contribution in [2.75, 3.05) is 46.5 Å². The zero-order chi connectivity index (χ0) is 17.4. The minimum absolute atomic E-state index is 0. The number of likely N-dealkylation sites (tertiary alicyclic amines) is 1. The molecule has 2 rings (SSSR count). The van der Waals surface area contributed by atoms with E-state index in [2.05, 4.69) is 17.1 Å². The molecule has 1 unspecified atom stereocenters. The molecule has 0 saturated carbocycles. The van der Waals surface area contributed by atoms with Gasteiger partial charge in [-0.1, -0.05) is 19.1 Å². The van der Waals surface area contributed by atoms with Crippen LogP contribution in [0.25, 0.3) is 0 Å². The van der Waals surface area contributed by atoms with Crippen LogP contribution in [0.1, 0.15) is 18.9 Å². The molecular formula is C18H30ClN3O3. The van der Waals surface area contributed by atoms with Gasteiger partial charge in [0.05, 0.1) is 13.2 Å². The molecule has 1 fully saturated rings. The molecule has 25 heavy (non-hydrogen) atoms. The standard InChI is InChI=1S/C18H29N3O3.ClH/c1-18(13-19)7-8-21(14-18)12-17(22)20-11-15-3-5-16(6-4-15)24-10-9-23-2;/h3-6H,7-14,19H2,1-2H3,(H,20,22);1H. The number of carbonyl (C=O) groups is 1. The molecule has 0 spiro atoms. The topological polar surface area (TPSA) is 76.8 Å². The number of hydrogen-bond acceptors (Lipinski definition) is 5. The summed E-state index contributed by atoms with van der Waals surface area (Å²) in [5.74, 6) is 0.858. The van der Waals surface area contributed by atoms with E-state index in [-0.39, 0.29) is 23.7 Å². The first kappa shape index (κ1) is 21.7. The quantitative estimate of drug-likeness (QED) is 0.642. The fourth-order valence-electron chi connectivity index (χ4n) is 2.83. The molecule has 1 aromatic carbocycles. The molecule has 0 bridgehead atoms. The van der Waals surface area contributed by atoms with Gasteiger partial charge < -0.3 is 20.5 Å². The predicted molar refractivity (Wildman–Crippen MR) is 101 cm³/mol. The van der Waals surface area contributed by atoms with Gasteiger partial charge in [-0.2, -0.15) is 0 Å². The highest BCUT2D eigenvalue weighted by atomic mass is 35.5. The Hall–Kier alpha value is -1.34. The van der Waals surface area contributed by atoms with Crippen LogP contribution in [-0.2, 0) is 16.1 Å². The summed E-state index contributed by atoms with van der Waals surface area (Å²) in [4.78, 5) is 14.3. The predicted octanol–water partition coefficient (Wildman–Crippen LogP) is 1.42. The molecule has 1 atom stereocenters. The summed E-state index contributed by atoms with van der Waals surface area (Å²) in [5, 5.41) is 2.97. The molecule has 0 aromatic heterocycles. The highest BCUT2D eigenvalue weighted by molar-refractivity contribution is 5.85. The lowest BCUT2D eigenvalue weighted by molar-refractivity contribution is -0.122. The second-order valence-corrected chi connectivity index (χ2v) is 6.74. The fraction of sp³-hybridized carbons (Fsp3) is 0.611. The van der Waals surface area contributed by atoms with Gasteiger partial charge in [0.15, 0.2) is 0 Å². The Balaban J connectivity index is 0.00000312. The Kier molecular flexibility index (Phi) is 9.21. The third-order valence-electron chi connectivity index (χ3n) is 4.47. The molecule has 1 heterocycles. The average molecular weight is 372 g/mol. The molecule has 3 N–H and O–H groups in total.